The summed E-state index contributed by atoms with van der Waals surface area (Å²) in [6.45, 7) is 4.21. The Morgan fingerprint density at radius 1 is 1.14 bits per heavy atom. The second kappa shape index (κ2) is 7.37. The van der Waals surface area contributed by atoms with Crippen molar-refractivity contribution in [3.05, 3.63) is 58.6 Å². The van der Waals surface area contributed by atoms with E-state index in [1.165, 1.54) is 0 Å². The van der Waals surface area contributed by atoms with Crippen LogP contribution in [0, 0.1) is 0 Å². The lowest BCUT2D eigenvalue weighted by Gasteiger charge is -2.21. The lowest BCUT2D eigenvalue weighted by molar-refractivity contribution is 0.200. The zero-order chi connectivity index (χ0) is 15.2. The van der Waals surface area contributed by atoms with Crippen LogP contribution in [0.5, 0.6) is 11.5 Å². The average molecular weight is 305 g/mol. The number of aryl methyl sites for hydroxylation is 1. The van der Waals surface area contributed by atoms with Crippen LogP contribution in [0.2, 0.25) is 5.02 Å². The number of rotatable bonds is 6. The molecule has 0 fully saturated rings. The van der Waals surface area contributed by atoms with Crippen molar-refractivity contribution < 1.29 is 9.84 Å². The van der Waals surface area contributed by atoms with E-state index >= 15 is 0 Å². The van der Waals surface area contributed by atoms with Crippen LogP contribution in [-0.2, 0) is 6.42 Å². The molecule has 0 spiro atoms. The van der Waals surface area contributed by atoms with Gasteiger partial charge >= 0.3 is 0 Å². The highest BCUT2D eigenvalue weighted by molar-refractivity contribution is 6.32. The van der Waals surface area contributed by atoms with E-state index in [1.54, 1.807) is 6.07 Å². The Balaban J connectivity index is 2.34. The summed E-state index contributed by atoms with van der Waals surface area (Å²) >= 11 is 6.04. The molecule has 21 heavy (non-hydrogen) atoms. The average Bonchev–Trinajstić information content (AvgIpc) is 2.50. The number of hydrogen-bond donors (Lipinski definition) is 1. The summed E-state index contributed by atoms with van der Waals surface area (Å²) < 4.78 is 6.08. The zero-order valence-electron chi connectivity index (χ0n) is 12.5. The van der Waals surface area contributed by atoms with Crippen molar-refractivity contribution in [3.8, 4) is 11.5 Å². The molecule has 1 unspecified atom stereocenters. The van der Waals surface area contributed by atoms with Crippen LogP contribution in [-0.4, -0.2) is 5.11 Å². The number of phenolic OH excluding ortho intramolecular Hbond substituents is 1. The van der Waals surface area contributed by atoms with E-state index in [4.69, 9.17) is 16.3 Å². The Kier molecular flexibility index (Phi) is 5.51. The molecule has 0 saturated carbocycles. The molecule has 0 saturated heterocycles. The fraction of sp³-hybridized carbons (Fsp3) is 0.333. The topological polar surface area (TPSA) is 29.5 Å². The standard InChI is InChI=1S/C18H21ClO2/c1-3-8-13-11-16(19)17(20)12-15(13)18(4-2)21-14-9-6-5-7-10-14/h5-7,9-12,18,20H,3-4,8H2,1-2H3. The summed E-state index contributed by atoms with van der Waals surface area (Å²) in [6.07, 6.45) is 2.68. The van der Waals surface area contributed by atoms with E-state index in [2.05, 4.69) is 13.8 Å². The molecule has 0 aliphatic heterocycles. The lowest BCUT2D eigenvalue weighted by Crippen LogP contribution is -2.09. The van der Waals surface area contributed by atoms with Gasteiger partial charge in [0.25, 0.3) is 0 Å². The third-order valence-electron chi connectivity index (χ3n) is 3.47. The summed E-state index contributed by atoms with van der Waals surface area (Å²) in [5.74, 6) is 0.947. The highest BCUT2D eigenvalue weighted by Crippen LogP contribution is 2.34. The molecule has 2 rings (SSSR count). The summed E-state index contributed by atoms with van der Waals surface area (Å²) in [5, 5.41) is 10.3. The highest BCUT2D eigenvalue weighted by Gasteiger charge is 2.17. The number of halogens is 1. The van der Waals surface area contributed by atoms with Crippen LogP contribution in [0.1, 0.15) is 43.9 Å². The predicted octanol–water partition coefficient (Wildman–Crippen LogP) is 5.53. The van der Waals surface area contributed by atoms with E-state index in [1.807, 2.05) is 36.4 Å². The minimum atomic E-state index is -0.0860. The lowest BCUT2D eigenvalue weighted by atomic mass is 9.97. The first kappa shape index (κ1) is 15.7. The van der Waals surface area contributed by atoms with Gasteiger partial charge in [0.1, 0.15) is 17.6 Å². The Morgan fingerprint density at radius 2 is 1.86 bits per heavy atom. The Morgan fingerprint density at radius 3 is 2.48 bits per heavy atom. The van der Waals surface area contributed by atoms with Crippen LogP contribution in [0.3, 0.4) is 0 Å². The molecule has 1 atom stereocenters. The maximum atomic E-state index is 9.92. The second-order valence-corrected chi connectivity index (χ2v) is 5.49. The first-order chi connectivity index (χ1) is 10.2. The number of para-hydroxylation sites is 1. The van der Waals surface area contributed by atoms with Crippen molar-refractivity contribution in [2.24, 2.45) is 0 Å². The van der Waals surface area contributed by atoms with E-state index in [0.717, 1.165) is 36.1 Å². The normalized spacial score (nSPS) is 12.1. The van der Waals surface area contributed by atoms with E-state index in [9.17, 15) is 5.11 Å². The number of aromatic hydroxyl groups is 1. The van der Waals surface area contributed by atoms with E-state index in [-0.39, 0.29) is 11.9 Å². The van der Waals surface area contributed by atoms with Crippen molar-refractivity contribution >= 4 is 11.6 Å². The van der Waals surface area contributed by atoms with Crippen molar-refractivity contribution in [3.63, 3.8) is 0 Å². The number of phenols is 1. The highest BCUT2D eigenvalue weighted by atomic mass is 35.5. The number of ether oxygens (including phenoxy) is 1. The van der Waals surface area contributed by atoms with Crippen LogP contribution in [0.15, 0.2) is 42.5 Å². The first-order valence-corrected chi connectivity index (χ1v) is 7.76. The molecular weight excluding hydrogens is 284 g/mol. The molecule has 0 bridgehead atoms. The molecule has 3 heteroatoms. The van der Waals surface area contributed by atoms with Gasteiger partial charge in [0.2, 0.25) is 0 Å². The fourth-order valence-electron chi connectivity index (χ4n) is 2.43. The van der Waals surface area contributed by atoms with Gasteiger partial charge in [-0.2, -0.15) is 0 Å². The molecule has 0 radical (unpaired) electrons. The number of benzene rings is 2. The summed E-state index contributed by atoms with van der Waals surface area (Å²) in [7, 11) is 0. The Labute approximate surface area is 131 Å². The summed E-state index contributed by atoms with van der Waals surface area (Å²) in [6, 6.07) is 13.3. The monoisotopic (exact) mass is 304 g/mol. The quantitative estimate of drug-likeness (QED) is 0.760. The summed E-state index contributed by atoms with van der Waals surface area (Å²) in [4.78, 5) is 0. The maximum absolute atomic E-state index is 9.92. The second-order valence-electron chi connectivity index (χ2n) is 5.08. The smallest absolute Gasteiger partial charge is 0.134 e. The minimum Gasteiger partial charge on any atom is -0.506 e. The van der Waals surface area contributed by atoms with Gasteiger partial charge in [-0.3, -0.25) is 0 Å². The van der Waals surface area contributed by atoms with Crippen LogP contribution < -0.4 is 4.74 Å². The zero-order valence-corrected chi connectivity index (χ0v) is 13.2. The van der Waals surface area contributed by atoms with Crippen molar-refractivity contribution in [1.82, 2.24) is 0 Å². The minimum absolute atomic E-state index is 0.0860. The molecule has 0 aliphatic carbocycles. The number of hydrogen-bond acceptors (Lipinski definition) is 2. The molecule has 0 aliphatic rings. The molecule has 0 amide bonds. The van der Waals surface area contributed by atoms with Crippen molar-refractivity contribution in [2.75, 3.05) is 0 Å². The molecule has 0 heterocycles. The molecule has 2 nitrogen and oxygen atoms in total. The third-order valence-corrected chi connectivity index (χ3v) is 3.77. The van der Waals surface area contributed by atoms with Gasteiger partial charge in [-0.15, -0.1) is 0 Å². The van der Waals surface area contributed by atoms with Crippen molar-refractivity contribution in [1.29, 1.82) is 0 Å². The van der Waals surface area contributed by atoms with Crippen LogP contribution in [0.4, 0.5) is 0 Å². The molecular formula is C18H21ClO2. The van der Waals surface area contributed by atoms with E-state index < -0.39 is 0 Å². The van der Waals surface area contributed by atoms with Gasteiger partial charge in [-0.25, -0.2) is 0 Å². The van der Waals surface area contributed by atoms with Crippen LogP contribution in [0.25, 0.3) is 0 Å². The summed E-state index contributed by atoms with van der Waals surface area (Å²) in [5.41, 5.74) is 2.16. The maximum Gasteiger partial charge on any atom is 0.134 e. The predicted molar refractivity (Wildman–Crippen MR) is 87.2 cm³/mol. The fourth-order valence-corrected chi connectivity index (χ4v) is 2.62. The van der Waals surface area contributed by atoms with Gasteiger partial charge in [0.05, 0.1) is 5.02 Å². The van der Waals surface area contributed by atoms with Gasteiger partial charge in [0, 0.05) is 0 Å². The van der Waals surface area contributed by atoms with Gasteiger partial charge in [-0.1, -0.05) is 50.1 Å². The van der Waals surface area contributed by atoms with Gasteiger partial charge in [0.15, 0.2) is 0 Å². The van der Waals surface area contributed by atoms with Gasteiger partial charge in [-0.05, 0) is 48.2 Å². The third kappa shape index (κ3) is 3.92. The Bertz CT molecular complexity index is 581. The molecule has 2 aromatic rings. The SMILES string of the molecule is CCCc1cc(Cl)c(O)cc1C(CC)Oc1ccccc1. The van der Waals surface area contributed by atoms with Crippen molar-refractivity contribution in [2.45, 2.75) is 39.2 Å². The first-order valence-electron chi connectivity index (χ1n) is 7.38. The Hall–Kier alpha value is -1.67. The molecule has 1 N–H and O–H groups in total. The largest absolute Gasteiger partial charge is 0.506 e. The van der Waals surface area contributed by atoms with E-state index in [0.29, 0.717) is 5.02 Å². The molecule has 112 valence electrons. The van der Waals surface area contributed by atoms with Crippen LogP contribution >= 0.6 is 11.6 Å². The molecule has 0 aromatic heterocycles. The molecule has 2 aromatic carbocycles. The van der Waals surface area contributed by atoms with Gasteiger partial charge < -0.3 is 9.84 Å².